The van der Waals surface area contributed by atoms with Gasteiger partial charge < -0.3 is 30.9 Å². The first-order valence-electron chi connectivity index (χ1n) is 13.8. The van der Waals surface area contributed by atoms with Crippen molar-refractivity contribution in [3.05, 3.63) is 102 Å². The third kappa shape index (κ3) is 7.52. The SMILES string of the molecule is C[C@H]1OC(=O)C(Cc2ccccc2)NC(=O)[C@H](C)[C@H](O)[C@H](Cc2ccccc2)NC(=O)[C@H]1NC(=O)c1ccccc1O. The van der Waals surface area contributed by atoms with Gasteiger partial charge in [-0.2, -0.15) is 0 Å². The van der Waals surface area contributed by atoms with E-state index in [9.17, 15) is 29.4 Å². The minimum absolute atomic E-state index is 0.0707. The molecule has 1 fully saturated rings. The Bertz CT molecular complexity index is 1400. The summed E-state index contributed by atoms with van der Waals surface area (Å²) in [5.74, 6) is -4.18. The number of amides is 3. The highest BCUT2D eigenvalue weighted by atomic mass is 16.5. The zero-order valence-electron chi connectivity index (χ0n) is 23.4. The fourth-order valence-corrected chi connectivity index (χ4v) is 4.86. The van der Waals surface area contributed by atoms with Crippen LogP contribution in [0.15, 0.2) is 84.9 Å². The second-order valence-electron chi connectivity index (χ2n) is 10.4. The van der Waals surface area contributed by atoms with Crippen molar-refractivity contribution in [2.24, 2.45) is 5.92 Å². The number of para-hydroxylation sites is 1. The van der Waals surface area contributed by atoms with E-state index in [1.54, 1.807) is 36.4 Å². The van der Waals surface area contributed by atoms with Gasteiger partial charge in [0.05, 0.1) is 23.6 Å². The predicted molar refractivity (Wildman–Crippen MR) is 154 cm³/mol. The number of aromatic hydroxyl groups is 1. The van der Waals surface area contributed by atoms with E-state index in [0.717, 1.165) is 11.1 Å². The number of phenols is 1. The van der Waals surface area contributed by atoms with Crippen LogP contribution in [0.1, 0.15) is 35.3 Å². The molecule has 10 nitrogen and oxygen atoms in total. The van der Waals surface area contributed by atoms with E-state index in [-0.39, 0.29) is 24.2 Å². The molecule has 0 bridgehead atoms. The second-order valence-corrected chi connectivity index (χ2v) is 10.4. The van der Waals surface area contributed by atoms with Crippen molar-refractivity contribution in [3.8, 4) is 5.75 Å². The average molecular weight is 574 g/mol. The first kappa shape index (κ1) is 30.3. The van der Waals surface area contributed by atoms with Crippen LogP contribution < -0.4 is 16.0 Å². The summed E-state index contributed by atoms with van der Waals surface area (Å²) < 4.78 is 5.67. The molecule has 5 N–H and O–H groups in total. The maximum atomic E-state index is 13.7. The summed E-state index contributed by atoms with van der Waals surface area (Å²) in [6.07, 6.45) is -2.23. The number of rotatable bonds is 6. The van der Waals surface area contributed by atoms with Gasteiger partial charge in [-0.3, -0.25) is 14.4 Å². The van der Waals surface area contributed by atoms with Gasteiger partial charge >= 0.3 is 5.97 Å². The van der Waals surface area contributed by atoms with Crippen LogP contribution in [0.4, 0.5) is 0 Å². The highest BCUT2D eigenvalue weighted by molar-refractivity contribution is 6.00. The van der Waals surface area contributed by atoms with Crippen LogP contribution in [0.2, 0.25) is 0 Å². The summed E-state index contributed by atoms with van der Waals surface area (Å²) in [7, 11) is 0. The molecular formula is C32H35N3O7. The standard InChI is InChI=1S/C32H35N3O7/c1-19-28(37)24(17-21-11-5-3-6-12-21)33-31(40)27(35-30(39)23-15-9-10-16-26(23)36)20(2)42-32(41)25(34-29(19)38)18-22-13-7-4-8-14-22/h3-16,19-20,24-25,27-28,36-37H,17-18H2,1-2H3,(H,33,40)(H,34,38)(H,35,39)/t19-,20-,24+,25?,27+,28+/m1/s1. The van der Waals surface area contributed by atoms with Gasteiger partial charge in [-0.25, -0.2) is 4.79 Å². The lowest BCUT2D eigenvalue weighted by Crippen LogP contribution is -2.60. The fraction of sp³-hybridized carbons (Fsp3) is 0.312. The van der Waals surface area contributed by atoms with Crippen molar-refractivity contribution in [1.82, 2.24) is 16.0 Å². The van der Waals surface area contributed by atoms with Gasteiger partial charge in [0.2, 0.25) is 11.8 Å². The zero-order valence-corrected chi connectivity index (χ0v) is 23.4. The maximum absolute atomic E-state index is 13.7. The number of aliphatic hydroxyl groups is 1. The smallest absolute Gasteiger partial charge is 0.329 e. The van der Waals surface area contributed by atoms with Crippen molar-refractivity contribution >= 4 is 23.7 Å². The molecule has 1 aliphatic heterocycles. The lowest BCUT2D eigenvalue weighted by molar-refractivity contribution is -0.156. The van der Waals surface area contributed by atoms with Crippen LogP contribution in [-0.2, 0) is 32.0 Å². The maximum Gasteiger partial charge on any atom is 0.329 e. The predicted octanol–water partition coefficient (Wildman–Crippen LogP) is 1.89. The van der Waals surface area contributed by atoms with Crippen LogP contribution in [-0.4, -0.2) is 64.2 Å². The molecule has 1 saturated heterocycles. The lowest BCUT2D eigenvalue weighted by atomic mass is 9.91. The number of aliphatic hydroxyl groups excluding tert-OH is 1. The largest absolute Gasteiger partial charge is 0.507 e. The van der Waals surface area contributed by atoms with Crippen molar-refractivity contribution in [2.75, 3.05) is 0 Å². The van der Waals surface area contributed by atoms with Crippen LogP contribution >= 0.6 is 0 Å². The summed E-state index contributed by atoms with van der Waals surface area (Å²) in [5, 5.41) is 29.6. The molecule has 1 aliphatic rings. The van der Waals surface area contributed by atoms with Crippen molar-refractivity contribution in [1.29, 1.82) is 0 Å². The van der Waals surface area contributed by atoms with Crippen LogP contribution in [0.5, 0.6) is 5.75 Å². The molecule has 3 amide bonds. The zero-order chi connectivity index (χ0) is 30.2. The van der Waals surface area contributed by atoms with Crippen molar-refractivity contribution in [3.63, 3.8) is 0 Å². The fourth-order valence-electron chi connectivity index (χ4n) is 4.86. The molecule has 3 aromatic carbocycles. The first-order valence-corrected chi connectivity index (χ1v) is 13.8. The quantitative estimate of drug-likeness (QED) is 0.282. The molecule has 0 spiro atoms. The monoisotopic (exact) mass is 573 g/mol. The number of ether oxygens (including phenoxy) is 1. The molecule has 0 aromatic heterocycles. The van der Waals surface area contributed by atoms with Gasteiger partial charge in [0.25, 0.3) is 5.91 Å². The van der Waals surface area contributed by atoms with Gasteiger partial charge in [0.15, 0.2) is 0 Å². The molecule has 6 atom stereocenters. The van der Waals surface area contributed by atoms with Gasteiger partial charge in [-0.15, -0.1) is 0 Å². The lowest BCUT2D eigenvalue weighted by Gasteiger charge is -2.33. The molecule has 42 heavy (non-hydrogen) atoms. The first-order chi connectivity index (χ1) is 20.1. The molecule has 1 unspecified atom stereocenters. The molecule has 0 aliphatic carbocycles. The van der Waals surface area contributed by atoms with E-state index >= 15 is 0 Å². The highest BCUT2D eigenvalue weighted by Gasteiger charge is 2.39. The number of hydrogen-bond acceptors (Lipinski definition) is 7. The van der Waals surface area contributed by atoms with E-state index in [2.05, 4.69) is 16.0 Å². The van der Waals surface area contributed by atoms with Gasteiger partial charge in [0.1, 0.15) is 23.9 Å². The molecule has 10 heteroatoms. The number of benzene rings is 3. The van der Waals surface area contributed by atoms with Crippen LogP contribution in [0.3, 0.4) is 0 Å². The molecule has 0 radical (unpaired) electrons. The Kier molecular flexibility index (Phi) is 9.93. The molecule has 4 rings (SSSR count). The van der Waals surface area contributed by atoms with E-state index < -0.39 is 59.9 Å². The van der Waals surface area contributed by atoms with Crippen LogP contribution in [0.25, 0.3) is 0 Å². The van der Waals surface area contributed by atoms with Crippen molar-refractivity contribution < 1.29 is 34.1 Å². The minimum atomic E-state index is -1.39. The number of phenolic OH excluding ortho intramolecular Hbond substituents is 1. The van der Waals surface area contributed by atoms with Crippen LogP contribution in [0, 0.1) is 5.92 Å². The Hall–Kier alpha value is -4.70. The Balaban J connectivity index is 1.69. The molecule has 3 aromatic rings. The summed E-state index contributed by atoms with van der Waals surface area (Å²) in [4.78, 5) is 53.5. The molecule has 220 valence electrons. The third-order valence-corrected chi connectivity index (χ3v) is 7.34. The number of cyclic esters (lactones) is 1. The number of carbonyl (C=O) groups excluding carboxylic acids is 4. The second kappa shape index (κ2) is 13.8. The topological polar surface area (TPSA) is 154 Å². The number of nitrogens with one attached hydrogen (secondary N) is 3. The normalized spacial score (nSPS) is 25.2. The Morgan fingerprint density at radius 2 is 1.38 bits per heavy atom. The van der Waals surface area contributed by atoms with Gasteiger partial charge in [-0.1, -0.05) is 79.7 Å². The van der Waals surface area contributed by atoms with E-state index in [0.29, 0.717) is 0 Å². The minimum Gasteiger partial charge on any atom is -0.507 e. The molecule has 1 heterocycles. The summed E-state index contributed by atoms with van der Waals surface area (Å²) in [6.45, 7) is 2.96. The highest BCUT2D eigenvalue weighted by Crippen LogP contribution is 2.19. The van der Waals surface area contributed by atoms with Gasteiger partial charge in [0, 0.05) is 6.42 Å². The van der Waals surface area contributed by atoms with Crippen molar-refractivity contribution in [2.45, 2.75) is 57.0 Å². The number of hydrogen-bond donors (Lipinski definition) is 5. The summed E-state index contributed by atoms with van der Waals surface area (Å²) in [5.41, 5.74) is 1.49. The molecular weight excluding hydrogens is 538 g/mol. The Morgan fingerprint density at radius 1 is 0.810 bits per heavy atom. The summed E-state index contributed by atoms with van der Waals surface area (Å²) >= 11 is 0. The average Bonchev–Trinajstić information content (AvgIpc) is 2.99. The third-order valence-electron chi connectivity index (χ3n) is 7.34. The van der Waals surface area contributed by atoms with E-state index in [4.69, 9.17) is 4.74 Å². The van der Waals surface area contributed by atoms with E-state index in [1.165, 1.54) is 26.0 Å². The van der Waals surface area contributed by atoms with Gasteiger partial charge in [-0.05, 0) is 36.6 Å². The number of carbonyl (C=O) groups is 4. The summed E-state index contributed by atoms with van der Waals surface area (Å²) in [6, 6.07) is 20.6. The number of esters is 1. The van der Waals surface area contributed by atoms with E-state index in [1.807, 2.05) is 36.4 Å². The Labute approximate surface area is 244 Å². The Morgan fingerprint density at radius 3 is 2.00 bits per heavy atom. The molecule has 0 saturated carbocycles.